The lowest BCUT2D eigenvalue weighted by molar-refractivity contribution is 0.151. The standard InChI is InChI=1S/C18H38N2/c1-4-6-7-8-9-10-13-19-17(3)18-12-11-15-20(16-18)14-5-2/h17-19H,4-16H2,1-3H3. The SMILES string of the molecule is CCCCCCCCNC(C)C1CCCN(CCC)C1. The normalized spacial score (nSPS) is 22.1. The Kier molecular flexibility index (Phi) is 10.4. The molecule has 1 fully saturated rings. The van der Waals surface area contributed by atoms with E-state index in [1.54, 1.807) is 0 Å². The van der Waals surface area contributed by atoms with Gasteiger partial charge in [-0.2, -0.15) is 0 Å². The predicted molar refractivity (Wildman–Crippen MR) is 90.3 cm³/mol. The van der Waals surface area contributed by atoms with Gasteiger partial charge in [-0.1, -0.05) is 46.0 Å². The Balaban J connectivity index is 2.05. The first kappa shape index (κ1) is 18.0. The maximum atomic E-state index is 3.78. The molecule has 2 atom stereocenters. The van der Waals surface area contributed by atoms with Gasteiger partial charge in [0.2, 0.25) is 0 Å². The zero-order chi connectivity index (χ0) is 14.6. The van der Waals surface area contributed by atoms with Gasteiger partial charge < -0.3 is 10.2 Å². The minimum atomic E-state index is 0.699. The van der Waals surface area contributed by atoms with Crippen LogP contribution in [0.3, 0.4) is 0 Å². The fourth-order valence-corrected chi connectivity index (χ4v) is 3.42. The molecule has 2 unspecified atom stereocenters. The number of rotatable bonds is 11. The zero-order valence-corrected chi connectivity index (χ0v) is 14.3. The number of nitrogens with zero attached hydrogens (tertiary/aromatic N) is 1. The van der Waals surface area contributed by atoms with Crippen LogP contribution in [0.4, 0.5) is 0 Å². The Morgan fingerprint density at radius 3 is 2.55 bits per heavy atom. The van der Waals surface area contributed by atoms with Crippen LogP contribution in [0, 0.1) is 5.92 Å². The molecule has 1 aliphatic heterocycles. The largest absolute Gasteiger partial charge is 0.314 e. The Hall–Kier alpha value is -0.0800. The van der Waals surface area contributed by atoms with Crippen LogP contribution in [0.5, 0.6) is 0 Å². The Bertz CT molecular complexity index is 215. The monoisotopic (exact) mass is 282 g/mol. The molecule has 1 heterocycles. The van der Waals surface area contributed by atoms with Gasteiger partial charge in [0.15, 0.2) is 0 Å². The van der Waals surface area contributed by atoms with Gasteiger partial charge in [-0.25, -0.2) is 0 Å². The van der Waals surface area contributed by atoms with Gasteiger partial charge in [0, 0.05) is 12.6 Å². The van der Waals surface area contributed by atoms with Crippen LogP contribution in [0.25, 0.3) is 0 Å². The lowest BCUT2D eigenvalue weighted by Crippen LogP contribution is -2.44. The van der Waals surface area contributed by atoms with Crippen molar-refractivity contribution in [2.24, 2.45) is 5.92 Å². The topological polar surface area (TPSA) is 15.3 Å². The predicted octanol–water partition coefficient (Wildman–Crippen LogP) is 4.45. The molecular weight excluding hydrogens is 244 g/mol. The van der Waals surface area contributed by atoms with E-state index in [1.807, 2.05) is 0 Å². The van der Waals surface area contributed by atoms with E-state index >= 15 is 0 Å². The van der Waals surface area contributed by atoms with Crippen molar-refractivity contribution in [3.63, 3.8) is 0 Å². The van der Waals surface area contributed by atoms with Crippen LogP contribution in [0.2, 0.25) is 0 Å². The molecule has 0 radical (unpaired) electrons. The van der Waals surface area contributed by atoms with E-state index in [1.165, 1.54) is 84.0 Å². The number of hydrogen-bond acceptors (Lipinski definition) is 2. The maximum absolute atomic E-state index is 3.78. The molecule has 0 amide bonds. The highest BCUT2D eigenvalue weighted by molar-refractivity contribution is 4.80. The Morgan fingerprint density at radius 1 is 1.05 bits per heavy atom. The van der Waals surface area contributed by atoms with Crippen LogP contribution in [-0.4, -0.2) is 37.1 Å². The second-order valence-electron chi connectivity index (χ2n) is 6.71. The van der Waals surface area contributed by atoms with E-state index in [-0.39, 0.29) is 0 Å². The molecule has 0 saturated carbocycles. The fraction of sp³-hybridized carbons (Fsp3) is 1.00. The molecule has 0 aliphatic carbocycles. The highest BCUT2D eigenvalue weighted by Crippen LogP contribution is 2.20. The molecule has 1 saturated heterocycles. The molecule has 2 heteroatoms. The van der Waals surface area contributed by atoms with Crippen molar-refractivity contribution >= 4 is 0 Å². The molecule has 2 nitrogen and oxygen atoms in total. The van der Waals surface area contributed by atoms with Crippen LogP contribution in [0.15, 0.2) is 0 Å². The van der Waals surface area contributed by atoms with Gasteiger partial charge in [-0.3, -0.25) is 0 Å². The lowest BCUT2D eigenvalue weighted by Gasteiger charge is -2.36. The van der Waals surface area contributed by atoms with Crippen LogP contribution in [-0.2, 0) is 0 Å². The maximum Gasteiger partial charge on any atom is 0.00792 e. The second-order valence-corrected chi connectivity index (χ2v) is 6.71. The van der Waals surface area contributed by atoms with Gasteiger partial charge in [0.25, 0.3) is 0 Å². The summed E-state index contributed by atoms with van der Waals surface area (Å²) < 4.78 is 0. The minimum absolute atomic E-state index is 0.699. The Morgan fingerprint density at radius 2 is 1.80 bits per heavy atom. The highest BCUT2D eigenvalue weighted by Gasteiger charge is 2.23. The summed E-state index contributed by atoms with van der Waals surface area (Å²) in [5.41, 5.74) is 0. The van der Waals surface area contributed by atoms with Crippen molar-refractivity contribution in [2.75, 3.05) is 26.2 Å². The molecule has 0 aromatic heterocycles. The molecule has 0 spiro atoms. The molecule has 0 aromatic rings. The van der Waals surface area contributed by atoms with E-state index < -0.39 is 0 Å². The van der Waals surface area contributed by atoms with Gasteiger partial charge in [-0.15, -0.1) is 0 Å². The van der Waals surface area contributed by atoms with Crippen molar-refractivity contribution in [1.29, 1.82) is 0 Å². The molecule has 1 aliphatic rings. The van der Waals surface area contributed by atoms with E-state index in [2.05, 4.69) is 31.0 Å². The first-order valence-electron chi connectivity index (χ1n) is 9.23. The number of unbranched alkanes of at least 4 members (excludes halogenated alkanes) is 5. The zero-order valence-electron chi connectivity index (χ0n) is 14.3. The van der Waals surface area contributed by atoms with Gasteiger partial charge in [0.05, 0.1) is 0 Å². The smallest absolute Gasteiger partial charge is 0.00792 e. The average Bonchev–Trinajstić information content (AvgIpc) is 2.47. The molecule has 20 heavy (non-hydrogen) atoms. The third-order valence-corrected chi connectivity index (χ3v) is 4.79. The first-order valence-corrected chi connectivity index (χ1v) is 9.23. The van der Waals surface area contributed by atoms with Crippen molar-refractivity contribution in [2.45, 2.75) is 84.6 Å². The summed E-state index contributed by atoms with van der Waals surface area (Å²) in [6, 6.07) is 0.699. The van der Waals surface area contributed by atoms with Crippen molar-refractivity contribution in [3.8, 4) is 0 Å². The van der Waals surface area contributed by atoms with Crippen molar-refractivity contribution in [1.82, 2.24) is 10.2 Å². The quantitative estimate of drug-likeness (QED) is 0.563. The molecule has 0 bridgehead atoms. The Labute approximate surface area is 127 Å². The number of likely N-dealkylation sites (tertiary alicyclic amines) is 1. The second kappa shape index (κ2) is 11.6. The van der Waals surface area contributed by atoms with Gasteiger partial charge in [0.1, 0.15) is 0 Å². The molecular formula is C18H38N2. The van der Waals surface area contributed by atoms with Crippen molar-refractivity contribution in [3.05, 3.63) is 0 Å². The van der Waals surface area contributed by atoms with E-state index in [0.29, 0.717) is 6.04 Å². The van der Waals surface area contributed by atoms with Crippen molar-refractivity contribution < 1.29 is 0 Å². The van der Waals surface area contributed by atoms with Crippen LogP contribution < -0.4 is 5.32 Å². The summed E-state index contributed by atoms with van der Waals surface area (Å²) in [6.45, 7) is 12.1. The van der Waals surface area contributed by atoms with Crippen LogP contribution in [0.1, 0.15) is 78.6 Å². The minimum Gasteiger partial charge on any atom is -0.314 e. The summed E-state index contributed by atoms with van der Waals surface area (Å²) >= 11 is 0. The van der Waals surface area contributed by atoms with Gasteiger partial charge >= 0.3 is 0 Å². The fourth-order valence-electron chi connectivity index (χ4n) is 3.42. The molecule has 0 aromatic carbocycles. The first-order chi connectivity index (χ1) is 9.77. The number of hydrogen-bond donors (Lipinski definition) is 1. The highest BCUT2D eigenvalue weighted by atomic mass is 15.1. The molecule has 1 rings (SSSR count). The molecule has 120 valence electrons. The number of nitrogens with one attached hydrogen (secondary N) is 1. The third-order valence-electron chi connectivity index (χ3n) is 4.79. The van der Waals surface area contributed by atoms with E-state index in [4.69, 9.17) is 0 Å². The van der Waals surface area contributed by atoms with Crippen LogP contribution >= 0.6 is 0 Å². The van der Waals surface area contributed by atoms with E-state index in [0.717, 1.165) is 5.92 Å². The summed E-state index contributed by atoms with van der Waals surface area (Å²) in [6.07, 6.45) is 12.5. The summed E-state index contributed by atoms with van der Waals surface area (Å²) in [5, 5.41) is 3.78. The summed E-state index contributed by atoms with van der Waals surface area (Å²) in [5.74, 6) is 0.871. The van der Waals surface area contributed by atoms with E-state index in [9.17, 15) is 0 Å². The summed E-state index contributed by atoms with van der Waals surface area (Å²) in [4.78, 5) is 2.66. The lowest BCUT2D eigenvalue weighted by atomic mass is 9.91. The molecule has 1 N–H and O–H groups in total. The number of piperidine rings is 1. The van der Waals surface area contributed by atoms with Gasteiger partial charge in [-0.05, 0) is 58.2 Å². The third kappa shape index (κ3) is 7.64. The summed E-state index contributed by atoms with van der Waals surface area (Å²) in [7, 11) is 0. The average molecular weight is 283 g/mol.